The lowest BCUT2D eigenvalue weighted by Crippen LogP contribution is -2.08. The molecule has 0 atom stereocenters. The summed E-state index contributed by atoms with van der Waals surface area (Å²) in [5.41, 5.74) is 5.64. The second kappa shape index (κ2) is 5.70. The molecule has 0 radical (unpaired) electrons. The quantitative estimate of drug-likeness (QED) is 0.722. The van der Waals surface area contributed by atoms with Crippen molar-refractivity contribution >= 4 is 23.4 Å². The van der Waals surface area contributed by atoms with E-state index >= 15 is 0 Å². The fourth-order valence-corrected chi connectivity index (χ4v) is 1.35. The van der Waals surface area contributed by atoms with Crippen LogP contribution in [0.25, 0.3) is 0 Å². The van der Waals surface area contributed by atoms with E-state index in [1.165, 1.54) is 0 Å². The van der Waals surface area contributed by atoms with Gasteiger partial charge in [-0.1, -0.05) is 6.92 Å². The van der Waals surface area contributed by atoms with Crippen LogP contribution < -0.4 is 11.1 Å². The molecule has 1 aromatic heterocycles. The standard InChI is InChI=1S/C9H16N4S/c1-3-8-12-7(10)6-9(13-8)11-4-5-14-2/h6H,3-5H2,1-2H3,(H3,10,11,12,13). The minimum absolute atomic E-state index is 0.531. The summed E-state index contributed by atoms with van der Waals surface area (Å²) >= 11 is 1.80. The molecule has 78 valence electrons. The summed E-state index contributed by atoms with van der Waals surface area (Å²) in [5, 5.41) is 3.21. The van der Waals surface area contributed by atoms with Gasteiger partial charge < -0.3 is 11.1 Å². The van der Waals surface area contributed by atoms with Gasteiger partial charge in [-0.15, -0.1) is 0 Å². The van der Waals surface area contributed by atoms with E-state index < -0.39 is 0 Å². The van der Waals surface area contributed by atoms with Crippen LogP contribution in [0.5, 0.6) is 0 Å². The van der Waals surface area contributed by atoms with E-state index in [9.17, 15) is 0 Å². The Kier molecular flexibility index (Phi) is 4.52. The van der Waals surface area contributed by atoms with Gasteiger partial charge in [0, 0.05) is 24.8 Å². The SMILES string of the molecule is CCc1nc(N)cc(NCCSC)n1. The number of aryl methyl sites for hydroxylation is 1. The normalized spacial score (nSPS) is 10.1. The number of hydrogen-bond acceptors (Lipinski definition) is 5. The number of hydrogen-bond donors (Lipinski definition) is 2. The maximum absolute atomic E-state index is 5.64. The van der Waals surface area contributed by atoms with E-state index in [-0.39, 0.29) is 0 Å². The number of nitrogens with zero attached hydrogens (tertiary/aromatic N) is 2. The predicted molar refractivity (Wildman–Crippen MR) is 62.7 cm³/mol. The Morgan fingerprint density at radius 1 is 1.50 bits per heavy atom. The van der Waals surface area contributed by atoms with E-state index in [1.54, 1.807) is 17.8 Å². The topological polar surface area (TPSA) is 63.8 Å². The number of nitrogen functional groups attached to an aromatic ring is 1. The molecule has 1 aromatic rings. The molecular weight excluding hydrogens is 196 g/mol. The van der Waals surface area contributed by atoms with Crippen LogP contribution >= 0.6 is 11.8 Å². The van der Waals surface area contributed by atoms with Crippen molar-refractivity contribution < 1.29 is 0 Å². The first-order valence-electron chi connectivity index (χ1n) is 4.62. The van der Waals surface area contributed by atoms with Crippen LogP contribution in [0.15, 0.2) is 6.07 Å². The van der Waals surface area contributed by atoms with Crippen LogP contribution in [0.3, 0.4) is 0 Å². The molecule has 0 aliphatic carbocycles. The molecule has 0 fully saturated rings. The van der Waals surface area contributed by atoms with E-state index in [4.69, 9.17) is 5.73 Å². The Morgan fingerprint density at radius 3 is 2.93 bits per heavy atom. The van der Waals surface area contributed by atoms with Crippen LogP contribution in [-0.2, 0) is 6.42 Å². The minimum atomic E-state index is 0.531. The summed E-state index contributed by atoms with van der Waals surface area (Å²) in [7, 11) is 0. The Balaban J connectivity index is 2.62. The molecule has 0 bridgehead atoms. The van der Waals surface area contributed by atoms with Crippen molar-refractivity contribution in [3.8, 4) is 0 Å². The average Bonchev–Trinajstić information content (AvgIpc) is 2.17. The van der Waals surface area contributed by atoms with Gasteiger partial charge in [0.15, 0.2) is 0 Å². The Morgan fingerprint density at radius 2 is 2.29 bits per heavy atom. The van der Waals surface area contributed by atoms with Crippen LogP contribution in [0, 0.1) is 0 Å². The van der Waals surface area contributed by atoms with Crippen LogP contribution in [0.1, 0.15) is 12.7 Å². The molecule has 0 unspecified atom stereocenters. The van der Waals surface area contributed by atoms with Gasteiger partial charge in [0.1, 0.15) is 17.5 Å². The van der Waals surface area contributed by atoms with Crippen molar-refractivity contribution in [3.63, 3.8) is 0 Å². The van der Waals surface area contributed by atoms with Gasteiger partial charge in [-0.3, -0.25) is 0 Å². The lowest BCUT2D eigenvalue weighted by molar-refractivity contribution is 0.942. The zero-order valence-electron chi connectivity index (χ0n) is 8.58. The summed E-state index contributed by atoms with van der Waals surface area (Å²) in [5.74, 6) is 3.20. The molecule has 3 N–H and O–H groups in total. The summed E-state index contributed by atoms with van der Waals surface area (Å²) < 4.78 is 0. The molecule has 0 amide bonds. The van der Waals surface area contributed by atoms with E-state index in [2.05, 4.69) is 21.5 Å². The minimum Gasteiger partial charge on any atom is -0.384 e. The fraction of sp³-hybridized carbons (Fsp3) is 0.556. The van der Waals surface area contributed by atoms with E-state index in [1.807, 2.05) is 6.92 Å². The van der Waals surface area contributed by atoms with Gasteiger partial charge >= 0.3 is 0 Å². The lowest BCUT2D eigenvalue weighted by atomic mass is 10.4. The Bertz CT molecular complexity index is 290. The highest BCUT2D eigenvalue weighted by Crippen LogP contribution is 2.08. The maximum Gasteiger partial charge on any atom is 0.132 e. The molecule has 0 saturated heterocycles. The summed E-state index contributed by atoms with van der Waals surface area (Å²) in [6.07, 6.45) is 2.88. The van der Waals surface area contributed by atoms with E-state index in [0.717, 1.165) is 30.4 Å². The predicted octanol–water partition coefficient (Wildman–Crippen LogP) is 1.40. The summed E-state index contributed by atoms with van der Waals surface area (Å²) in [6, 6.07) is 1.76. The zero-order chi connectivity index (χ0) is 10.4. The zero-order valence-corrected chi connectivity index (χ0v) is 9.40. The molecule has 4 nitrogen and oxygen atoms in total. The molecule has 14 heavy (non-hydrogen) atoms. The third-order valence-corrected chi connectivity index (χ3v) is 2.33. The first kappa shape index (κ1) is 11.1. The molecular formula is C9H16N4S. The number of thioether (sulfide) groups is 1. The summed E-state index contributed by atoms with van der Waals surface area (Å²) in [4.78, 5) is 8.41. The van der Waals surface area contributed by atoms with Crippen molar-refractivity contribution in [2.45, 2.75) is 13.3 Å². The number of nitrogens with one attached hydrogen (secondary N) is 1. The van der Waals surface area contributed by atoms with E-state index in [0.29, 0.717) is 5.82 Å². The largest absolute Gasteiger partial charge is 0.384 e. The number of rotatable bonds is 5. The second-order valence-corrected chi connectivity index (χ2v) is 3.85. The third-order valence-electron chi connectivity index (χ3n) is 1.72. The van der Waals surface area contributed by atoms with Gasteiger partial charge in [-0.05, 0) is 6.26 Å². The monoisotopic (exact) mass is 212 g/mol. The van der Waals surface area contributed by atoms with Crippen molar-refractivity contribution in [2.75, 3.05) is 29.6 Å². The Labute approximate surface area is 88.7 Å². The van der Waals surface area contributed by atoms with Gasteiger partial charge in [-0.25, -0.2) is 9.97 Å². The van der Waals surface area contributed by atoms with Gasteiger partial charge in [0.25, 0.3) is 0 Å². The molecule has 1 heterocycles. The highest BCUT2D eigenvalue weighted by molar-refractivity contribution is 7.98. The molecule has 1 rings (SSSR count). The summed E-state index contributed by atoms with van der Waals surface area (Å²) in [6.45, 7) is 2.92. The highest BCUT2D eigenvalue weighted by atomic mass is 32.2. The number of nitrogens with two attached hydrogens (primary N) is 1. The van der Waals surface area contributed by atoms with Crippen molar-refractivity contribution in [3.05, 3.63) is 11.9 Å². The van der Waals surface area contributed by atoms with Crippen molar-refractivity contribution in [1.29, 1.82) is 0 Å². The maximum atomic E-state index is 5.64. The lowest BCUT2D eigenvalue weighted by Gasteiger charge is -2.06. The average molecular weight is 212 g/mol. The van der Waals surface area contributed by atoms with Crippen LogP contribution in [0.4, 0.5) is 11.6 Å². The van der Waals surface area contributed by atoms with Crippen LogP contribution in [-0.4, -0.2) is 28.5 Å². The van der Waals surface area contributed by atoms with Crippen LogP contribution in [0.2, 0.25) is 0 Å². The van der Waals surface area contributed by atoms with Gasteiger partial charge in [-0.2, -0.15) is 11.8 Å². The first-order chi connectivity index (χ1) is 6.76. The molecule has 0 aromatic carbocycles. The molecule has 0 aliphatic rings. The van der Waals surface area contributed by atoms with Gasteiger partial charge in [0.05, 0.1) is 0 Å². The Hall–Kier alpha value is -0.970. The van der Waals surface area contributed by atoms with Crippen molar-refractivity contribution in [1.82, 2.24) is 9.97 Å². The smallest absolute Gasteiger partial charge is 0.132 e. The second-order valence-electron chi connectivity index (χ2n) is 2.87. The molecule has 0 saturated carbocycles. The number of aromatic nitrogens is 2. The first-order valence-corrected chi connectivity index (χ1v) is 6.02. The van der Waals surface area contributed by atoms with Gasteiger partial charge in [0.2, 0.25) is 0 Å². The molecule has 0 aliphatic heterocycles. The van der Waals surface area contributed by atoms with Crippen molar-refractivity contribution in [2.24, 2.45) is 0 Å². The molecule has 5 heteroatoms. The molecule has 0 spiro atoms. The number of anilines is 2. The fourth-order valence-electron chi connectivity index (χ4n) is 1.05. The highest BCUT2D eigenvalue weighted by Gasteiger charge is 1.99. The third kappa shape index (κ3) is 3.41.